The maximum absolute atomic E-state index is 12.3. The number of halogens is 1. The van der Waals surface area contributed by atoms with E-state index in [1.54, 1.807) is 6.07 Å². The lowest BCUT2D eigenvalue weighted by Crippen LogP contribution is -2.15. The number of hydrogen-bond donors (Lipinski definition) is 2. The summed E-state index contributed by atoms with van der Waals surface area (Å²) < 4.78 is 32.1. The Morgan fingerprint density at radius 1 is 1.50 bits per heavy atom. The molecule has 108 valence electrons. The normalized spacial score (nSPS) is 11.3. The van der Waals surface area contributed by atoms with E-state index in [1.165, 1.54) is 18.7 Å². The summed E-state index contributed by atoms with van der Waals surface area (Å²) in [5.74, 6) is 0.161. The van der Waals surface area contributed by atoms with Crippen LogP contribution in [0.2, 0.25) is 5.02 Å². The molecule has 0 radical (unpaired) electrons. The van der Waals surface area contributed by atoms with Crippen LogP contribution in [0.1, 0.15) is 5.56 Å². The third kappa shape index (κ3) is 3.01. The average Bonchev–Trinajstić information content (AvgIpc) is 2.89. The molecule has 20 heavy (non-hydrogen) atoms. The lowest BCUT2D eigenvalue weighted by atomic mass is 10.2. The predicted molar refractivity (Wildman–Crippen MR) is 76.6 cm³/mol. The standard InChI is InChI=1S/C10H11ClN4O3S2/c1-18-9-6(4-12)2-7(11)3-8(9)20(16,17)15-10-14-13-5-19-10/h2-3,5H,4,12H2,1H3,(H,14,15). The van der Waals surface area contributed by atoms with E-state index >= 15 is 0 Å². The van der Waals surface area contributed by atoms with Gasteiger partial charge in [-0.25, -0.2) is 8.42 Å². The van der Waals surface area contributed by atoms with E-state index in [0.717, 1.165) is 11.3 Å². The van der Waals surface area contributed by atoms with Gasteiger partial charge in [0, 0.05) is 17.1 Å². The Labute approximate surface area is 124 Å². The van der Waals surface area contributed by atoms with Gasteiger partial charge in [-0.1, -0.05) is 22.9 Å². The van der Waals surface area contributed by atoms with Crippen molar-refractivity contribution in [3.05, 3.63) is 28.2 Å². The fourth-order valence-corrected chi connectivity index (χ4v) is 3.83. The van der Waals surface area contributed by atoms with Crippen molar-refractivity contribution in [1.82, 2.24) is 10.2 Å². The number of anilines is 1. The largest absolute Gasteiger partial charge is 0.495 e. The van der Waals surface area contributed by atoms with Gasteiger partial charge in [-0.3, -0.25) is 4.72 Å². The SMILES string of the molecule is COc1c(CN)cc(Cl)cc1S(=O)(=O)Nc1nncs1. The van der Waals surface area contributed by atoms with Gasteiger partial charge >= 0.3 is 0 Å². The van der Waals surface area contributed by atoms with E-state index in [0.29, 0.717) is 5.56 Å². The topological polar surface area (TPSA) is 107 Å². The summed E-state index contributed by atoms with van der Waals surface area (Å²) in [5.41, 5.74) is 7.48. The molecule has 0 fully saturated rings. The van der Waals surface area contributed by atoms with Gasteiger partial charge in [0.15, 0.2) is 0 Å². The van der Waals surface area contributed by atoms with Crippen molar-refractivity contribution in [3.8, 4) is 5.75 Å². The second kappa shape index (κ2) is 5.92. The van der Waals surface area contributed by atoms with Crippen molar-refractivity contribution in [2.75, 3.05) is 11.8 Å². The van der Waals surface area contributed by atoms with Crippen LogP contribution in [0, 0.1) is 0 Å². The van der Waals surface area contributed by atoms with E-state index in [-0.39, 0.29) is 27.3 Å². The second-order valence-electron chi connectivity index (χ2n) is 3.65. The Balaban J connectivity index is 2.53. The minimum absolute atomic E-state index is 0.0943. The molecule has 1 aromatic heterocycles. The predicted octanol–water partition coefficient (Wildman–Crippen LogP) is 1.46. The highest BCUT2D eigenvalue weighted by atomic mass is 35.5. The highest BCUT2D eigenvalue weighted by molar-refractivity contribution is 7.93. The minimum atomic E-state index is -3.89. The molecule has 0 atom stereocenters. The van der Waals surface area contributed by atoms with E-state index < -0.39 is 10.0 Å². The third-order valence-corrected chi connectivity index (χ3v) is 4.69. The van der Waals surface area contributed by atoms with Crippen LogP contribution in [0.25, 0.3) is 0 Å². The molecule has 2 aromatic rings. The third-order valence-electron chi connectivity index (χ3n) is 2.39. The Hall–Kier alpha value is -1.42. The first-order valence-electron chi connectivity index (χ1n) is 5.33. The zero-order valence-electron chi connectivity index (χ0n) is 10.3. The first-order chi connectivity index (χ1) is 9.47. The summed E-state index contributed by atoms with van der Waals surface area (Å²) in [6.07, 6.45) is 0. The van der Waals surface area contributed by atoms with Gasteiger partial charge < -0.3 is 10.5 Å². The number of aromatic nitrogens is 2. The zero-order valence-corrected chi connectivity index (χ0v) is 12.7. The number of benzene rings is 1. The molecule has 0 bridgehead atoms. The molecule has 0 spiro atoms. The number of rotatable bonds is 5. The van der Waals surface area contributed by atoms with Gasteiger partial charge in [-0.15, -0.1) is 10.2 Å². The fraction of sp³-hybridized carbons (Fsp3) is 0.200. The van der Waals surface area contributed by atoms with Gasteiger partial charge in [0.2, 0.25) is 5.13 Å². The number of nitrogens with two attached hydrogens (primary N) is 1. The fourth-order valence-electron chi connectivity index (χ4n) is 1.59. The van der Waals surface area contributed by atoms with Crippen molar-refractivity contribution >= 4 is 38.1 Å². The van der Waals surface area contributed by atoms with Crippen LogP contribution in [0.15, 0.2) is 22.5 Å². The molecule has 0 aliphatic rings. The summed E-state index contributed by atoms with van der Waals surface area (Å²) in [6.45, 7) is 0.102. The Bertz CT molecular complexity index is 704. The van der Waals surface area contributed by atoms with Crippen LogP contribution < -0.4 is 15.2 Å². The van der Waals surface area contributed by atoms with Crippen molar-refractivity contribution in [2.24, 2.45) is 5.73 Å². The molecule has 3 N–H and O–H groups in total. The molecular weight excluding hydrogens is 324 g/mol. The van der Waals surface area contributed by atoms with Gasteiger partial charge in [0.1, 0.15) is 16.2 Å². The summed E-state index contributed by atoms with van der Waals surface area (Å²) in [5, 5.41) is 7.59. The van der Waals surface area contributed by atoms with Crippen molar-refractivity contribution in [3.63, 3.8) is 0 Å². The van der Waals surface area contributed by atoms with E-state index in [1.807, 2.05) is 0 Å². The van der Waals surface area contributed by atoms with Gasteiger partial charge in [0.25, 0.3) is 10.0 Å². The highest BCUT2D eigenvalue weighted by Gasteiger charge is 2.23. The van der Waals surface area contributed by atoms with Crippen LogP contribution in [0.4, 0.5) is 5.13 Å². The Kier molecular flexibility index (Phi) is 4.43. The first-order valence-corrected chi connectivity index (χ1v) is 8.07. The monoisotopic (exact) mass is 334 g/mol. The Morgan fingerprint density at radius 3 is 2.80 bits per heavy atom. The molecule has 1 aromatic carbocycles. The first kappa shape index (κ1) is 15.0. The van der Waals surface area contributed by atoms with E-state index in [2.05, 4.69) is 14.9 Å². The van der Waals surface area contributed by atoms with Gasteiger partial charge in [-0.05, 0) is 12.1 Å². The molecule has 0 amide bonds. The number of hydrogen-bond acceptors (Lipinski definition) is 7. The molecule has 0 aliphatic heterocycles. The van der Waals surface area contributed by atoms with Gasteiger partial charge in [0.05, 0.1) is 7.11 Å². The van der Waals surface area contributed by atoms with Crippen LogP contribution in [0.5, 0.6) is 5.75 Å². The molecule has 10 heteroatoms. The highest BCUT2D eigenvalue weighted by Crippen LogP contribution is 2.32. The van der Waals surface area contributed by atoms with Crippen LogP contribution >= 0.6 is 22.9 Å². The number of ether oxygens (including phenoxy) is 1. The molecule has 0 saturated carbocycles. The number of nitrogens with zero attached hydrogens (tertiary/aromatic N) is 2. The van der Waals surface area contributed by atoms with Crippen molar-refractivity contribution in [2.45, 2.75) is 11.4 Å². The number of nitrogens with one attached hydrogen (secondary N) is 1. The molecule has 2 rings (SSSR count). The van der Waals surface area contributed by atoms with E-state index in [4.69, 9.17) is 22.1 Å². The summed E-state index contributed by atoms with van der Waals surface area (Å²) in [6, 6.07) is 2.85. The van der Waals surface area contributed by atoms with Crippen LogP contribution in [-0.2, 0) is 16.6 Å². The smallest absolute Gasteiger partial charge is 0.267 e. The summed E-state index contributed by atoms with van der Waals surface area (Å²) >= 11 is 6.98. The van der Waals surface area contributed by atoms with Gasteiger partial charge in [-0.2, -0.15) is 0 Å². The average molecular weight is 335 g/mol. The zero-order chi connectivity index (χ0) is 14.8. The second-order valence-corrected chi connectivity index (χ2v) is 6.57. The van der Waals surface area contributed by atoms with Crippen molar-refractivity contribution in [1.29, 1.82) is 0 Å². The van der Waals surface area contributed by atoms with Crippen LogP contribution in [0.3, 0.4) is 0 Å². The summed E-state index contributed by atoms with van der Waals surface area (Å²) in [4.78, 5) is -0.0943. The maximum Gasteiger partial charge on any atom is 0.267 e. The Morgan fingerprint density at radius 2 is 2.25 bits per heavy atom. The lowest BCUT2D eigenvalue weighted by Gasteiger charge is -2.13. The minimum Gasteiger partial charge on any atom is -0.495 e. The molecular formula is C10H11ClN4O3S2. The molecule has 1 heterocycles. The lowest BCUT2D eigenvalue weighted by molar-refractivity contribution is 0.398. The number of methoxy groups -OCH3 is 1. The van der Waals surface area contributed by atoms with Crippen molar-refractivity contribution < 1.29 is 13.2 Å². The summed E-state index contributed by atoms with van der Waals surface area (Å²) in [7, 11) is -2.52. The number of sulfonamides is 1. The molecule has 0 aliphatic carbocycles. The molecule has 7 nitrogen and oxygen atoms in total. The van der Waals surface area contributed by atoms with Crippen LogP contribution in [-0.4, -0.2) is 25.7 Å². The maximum atomic E-state index is 12.3. The molecule has 0 saturated heterocycles. The quantitative estimate of drug-likeness (QED) is 0.857. The van der Waals surface area contributed by atoms with E-state index in [9.17, 15) is 8.42 Å². The molecule has 0 unspecified atom stereocenters.